The van der Waals surface area contributed by atoms with Crippen LogP contribution in [0.3, 0.4) is 0 Å². The molecule has 49 heavy (non-hydrogen) atoms. The third-order valence-corrected chi connectivity index (χ3v) is 8.91. The van der Waals surface area contributed by atoms with Crippen molar-refractivity contribution in [2.45, 2.75) is 52.2 Å². The van der Waals surface area contributed by atoms with Gasteiger partial charge in [0.2, 0.25) is 17.6 Å². The van der Waals surface area contributed by atoms with E-state index >= 15 is 0 Å². The van der Waals surface area contributed by atoms with Gasteiger partial charge in [-0.15, -0.1) is 4.52 Å². The van der Waals surface area contributed by atoms with Gasteiger partial charge in [-0.2, -0.15) is 0 Å². The van der Waals surface area contributed by atoms with Gasteiger partial charge in [-0.25, -0.2) is 5.06 Å². The molecule has 0 aliphatic carbocycles. The molecular formula is C37H43N3O8P+. The minimum atomic E-state index is -2.09. The molecular weight excluding hydrogens is 645 g/mol. The van der Waals surface area contributed by atoms with Crippen LogP contribution in [0.5, 0.6) is 5.75 Å². The zero-order valence-electron chi connectivity index (χ0n) is 28.0. The molecule has 4 aromatic rings. The molecule has 0 radical (unpaired) electrons. The van der Waals surface area contributed by atoms with Gasteiger partial charge < -0.3 is 19.8 Å². The second-order valence-corrected chi connectivity index (χ2v) is 12.6. The molecule has 1 heterocycles. The van der Waals surface area contributed by atoms with Crippen molar-refractivity contribution in [1.82, 2.24) is 15.7 Å². The van der Waals surface area contributed by atoms with E-state index in [0.29, 0.717) is 54.7 Å². The molecule has 0 saturated heterocycles. The molecule has 3 atom stereocenters. The van der Waals surface area contributed by atoms with Crippen LogP contribution in [-0.4, -0.2) is 49.7 Å². The SMILES string of the molecule is CCOc1cc(-c2ccc(C(=O)NCNC(=O)[C@H](CCCc3ccccc3)[C@@H](CC)N(C=O)OCc3ccccc3)o2)cc([P+](=O)OC)c1. The first-order valence-electron chi connectivity index (χ1n) is 16.3. The van der Waals surface area contributed by atoms with Gasteiger partial charge in [-0.1, -0.05) is 67.6 Å². The quantitative estimate of drug-likeness (QED) is 0.0487. The monoisotopic (exact) mass is 688 g/mol. The second-order valence-electron chi connectivity index (χ2n) is 11.2. The summed E-state index contributed by atoms with van der Waals surface area (Å²) in [7, 11) is -0.740. The maximum atomic E-state index is 13.7. The Morgan fingerprint density at radius 1 is 0.939 bits per heavy atom. The number of nitrogens with zero attached hydrogens (tertiary/aromatic N) is 1. The third-order valence-electron chi connectivity index (χ3n) is 7.90. The van der Waals surface area contributed by atoms with E-state index in [1.54, 1.807) is 24.3 Å². The lowest BCUT2D eigenvalue weighted by atomic mass is 9.90. The number of furan rings is 1. The molecule has 0 bridgehead atoms. The van der Waals surface area contributed by atoms with Crippen LogP contribution in [0.2, 0.25) is 0 Å². The number of hydrogen-bond acceptors (Lipinski definition) is 8. The molecule has 11 nitrogen and oxygen atoms in total. The minimum Gasteiger partial charge on any atom is -0.494 e. The Morgan fingerprint density at radius 3 is 2.31 bits per heavy atom. The molecule has 2 N–H and O–H groups in total. The van der Waals surface area contributed by atoms with Crippen LogP contribution in [0, 0.1) is 5.92 Å². The summed E-state index contributed by atoms with van der Waals surface area (Å²) in [6.07, 6.45) is 3.05. The number of rotatable bonds is 20. The number of carbonyl (C=O) groups excluding carboxylic acids is 3. The van der Waals surface area contributed by atoms with Crippen molar-refractivity contribution in [2.24, 2.45) is 5.92 Å². The summed E-state index contributed by atoms with van der Waals surface area (Å²) in [5, 5.41) is 7.15. The second kappa shape index (κ2) is 19.2. The number of aryl methyl sites for hydroxylation is 1. The molecule has 258 valence electrons. The van der Waals surface area contributed by atoms with E-state index in [1.807, 2.05) is 74.5 Å². The molecule has 12 heteroatoms. The Labute approximate surface area is 287 Å². The Morgan fingerprint density at radius 2 is 1.65 bits per heavy atom. The lowest BCUT2D eigenvalue weighted by Crippen LogP contribution is -2.48. The van der Waals surface area contributed by atoms with Gasteiger partial charge in [0.05, 0.1) is 32.3 Å². The topological polar surface area (TPSA) is 136 Å². The molecule has 1 aromatic heterocycles. The van der Waals surface area contributed by atoms with E-state index in [0.717, 1.165) is 17.5 Å². The van der Waals surface area contributed by atoms with Gasteiger partial charge >= 0.3 is 8.03 Å². The van der Waals surface area contributed by atoms with Gasteiger partial charge in [0.25, 0.3) is 5.91 Å². The maximum absolute atomic E-state index is 13.7. The molecule has 1 unspecified atom stereocenters. The lowest BCUT2D eigenvalue weighted by Gasteiger charge is -2.32. The van der Waals surface area contributed by atoms with Crippen LogP contribution in [0.15, 0.2) is 95.4 Å². The lowest BCUT2D eigenvalue weighted by molar-refractivity contribution is -0.200. The number of carbonyl (C=O) groups is 3. The fourth-order valence-electron chi connectivity index (χ4n) is 5.47. The van der Waals surface area contributed by atoms with E-state index in [-0.39, 0.29) is 24.9 Å². The first-order valence-corrected chi connectivity index (χ1v) is 17.4. The number of ether oxygens (including phenoxy) is 1. The van der Waals surface area contributed by atoms with Crippen molar-refractivity contribution in [3.63, 3.8) is 0 Å². The van der Waals surface area contributed by atoms with Gasteiger partial charge in [0.1, 0.15) is 18.1 Å². The van der Waals surface area contributed by atoms with E-state index < -0.39 is 25.9 Å². The predicted molar refractivity (Wildman–Crippen MR) is 186 cm³/mol. The molecule has 4 rings (SSSR count). The van der Waals surface area contributed by atoms with Crippen molar-refractivity contribution in [2.75, 3.05) is 20.4 Å². The van der Waals surface area contributed by atoms with Crippen LogP contribution < -0.4 is 20.7 Å². The number of hydroxylamine groups is 2. The van der Waals surface area contributed by atoms with Gasteiger partial charge in [0, 0.05) is 17.7 Å². The molecule has 0 aliphatic heterocycles. The van der Waals surface area contributed by atoms with E-state index in [4.69, 9.17) is 18.5 Å². The van der Waals surface area contributed by atoms with Crippen LogP contribution in [0.1, 0.15) is 54.8 Å². The van der Waals surface area contributed by atoms with E-state index in [2.05, 4.69) is 10.6 Å². The van der Waals surface area contributed by atoms with Crippen LogP contribution in [-0.2, 0) is 36.5 Å². The summed E-state index contributed by atoms with van der Waals surface area (Å²) < 4.78 is 28.8. The number of amides is 3. The van der Waals surface area contributed by atoms with Crippen molar-refractivity contribution in [1.29, 1.82) is 0 Å². The summed E-state index contributed by atoms with van der Waals surface area (Å²) >= 11 is 0. The third kappa shape index (κ3) is 10.8. The summed E-state index contributed by atoms with van der Waals surface area (Å²) in [6, 6.07) is 27.1. The van der Waals surface area contributed by atoms with Crippen molar-refractivity contribution in [3.05, 3.63) is 108 Å². The maximum Gasteiger partial charge on any atom is 0.548 e. The summed E-state index contributed by atoms with van der Waals surface area (Å²) in [4.78, 5) is 44.7. The van der Waals surface area contributed by atoms with Gasteiger partial charge in [-0.3, -0.25) is 19.2 Å². The van der Waals surface area contributed by atoms with Crippen molar-refractivity contribution < 1.29 is 37.5 Å². The normalized spacial score (nSPS) is 12.4. The molecule has 3 amide bonds. The standard InChI is InChI=1S/C37H42N3O8P/c1-4-33(40(26-41)47-24-28-15-10-7-11-16-28)32(18-12-17-27-13-8-6-9-14-27)36(42)38-25-39-37(43)35-20-19-34(48-35)29-21-30(46-5-2)23-31(22-29)49(44)45-3/h6-11,13-16,19-23,26,32-33H,4-5,12,17-18,24-25H2,1-3H3,(H-,38,39,42,43)/p+1/t32-,33-/m1/s1. The Kier molecular flexibility index (Phi) is 14.5. The number of hydrogen-bond donors (Lipinski definition) is 2. The van der Waals surface area contributed by atoms with Gasteiger partial charge in [-0.05, 0) is 66.5 Å². The predicted octanol–water partition coefficient (Wildman–Crippen LogP) is 6.17. The fraction of sp³-hybridized carbons (Fsp3) is 0.324. The van der Waals surface area contributed by atoms with Crippen LogP contribution in [0.4, 0.5) is 0 Å². The highest BCUT2D eigenvalue weighted by molar-refractivity contribution is 7.48. The number of benzene rings is 3. The molecule has 0 aliphatic rings. The number of nitrogens with one attached hydrogen (secondary N) is 2. The van der Waals surface area contributed by atoms with E-state index in [1.165, 1.54) is 18.2 Å². The molecule has 3 aromatic carbocycles. The summed E-state index contributed by atoms with van der Waals surface area (Å²) in [5.74, 6) is -0.580. The fourth-order valence-corrected chi connectivity index (χ4v) is 6.16. The Hall–Kier alpha value is -4.83. The van der Waals surface area contributed by atoms with E-state index in [9.17, 15) is 18.9 Å². The summed E-state index contributed by atoms with van der Waals surface area (Å²) in [5.41, 5.74) is 2.61. The highest BCUT2D eigenvalue weighted by Crippen LogP contribution is 2.30. The first kappa shape index (κ1) is 37.0. The summed E-state index contributed by atoms with van der Waals surface area (Å²) in [6.45, 7) is 4.16. The highest BCUT2D eigenvalue weighted by atomic mass is 31.1. The molecule has 0 fully saturated rings. The van der Waals surface area contributed by atoms with Crippen molar-refractivity contribution in [3.8, 4) is 17.1 Å². The van der Waals surface area contributed by atoms with Crippen LogP contribution in [0.25, 0.3) is 11.3 Å². The first-order chi connectivity index (χ1) is 23.9. The Balaban J connectivity index is 1.42. The zero-order chi connectivity index (χ0) is 35.0. The minimum absolute atomic E-state index is 0.0241. The van der Waals surface area contributed by atoms with Crippen LogP contribution >= 0.6 is 8.03 Å². The average Bonchev–Trinajstić information content (AvgIpc) is 3.64. The molecule has 0 spiro atoms. The Bertz CT molecular complexity index is 1660. The molecule has 0 saturated carbocycles. The smallest absolute Gasteiger partial charge is 0.494 e. The largest absolute Gasteiger partial charge is 0.548 e. The highest BCUT2D eigenvalue weighted by Gasteiger charge is 2.32. The zero-order valence-corrected chi connectivity index (χ0v) is 28.9. The van der Waals surface area contributed by atoms with Crippen molar-refractivity contribution >= 4 is 31.6 Å². The van der Waals surface area contributed by atoms with Gasteiger partial charge in [0.15, 0.2) is 5.76 Å². The average molecular weight is 689 g/mol.